The molecule has 0 saturated heterocycles. The Labute approximate surface area is 143 Å². The van der Waals surface area contributed by atoms with Gasteiger partial charge in [-0.15, -0.1) is 0 Å². The van der Waals surface area contributed by atoms with E-state index in [2.05, 4.69) is 16.7 Å². The van der Waals surface area contributed by atoms with Gasteiger partial charge in [-0.2, -0.15) is 17.5 Å². The first-order valence-corrected chi connectivity index (χ1v) is 8.52. The number of nitrogens with zero attached hydrogens (tertiary/aromatic N) is 3. The molecular weight excluding hydrogens is 362 g/mol. The molecule has 0 aliphatic heterocycles. The van der Waals surface area contributed by atoms with Crippen LogP contribution in [0.3, 0.4) is 0 Å². The highest BCUT2D eigenvalue weighted by atomic mass is 32.2. The van der Waals surface area contributed by atoms with Crippen LogP contribution < -0.4 is 0 Å². The Morgan fingerprint density at radius 2 is 1.88 bits per heavy atom. The van der Waals surface area contributed by atoms with Gasteiger partial charge in [0.25, 0.3) is 10.0 Å². The lowest BCUT2D eigenvalue weighted by Crippen LogP contribution is -2.42. The maximum atomic E-state index is 13.6. The third-order valence-electron chi connectivity index (χ3n) is 3.13. The summed E-state index contributed by atoms with van der Waals surface area (Å²) in [5.74, 6) is -0.734. The highest BCUT2D eigenvalue weighted by Crippen LogP contribution is 2.40. The predicted octanol–water partition coefficient (Wildman–Crippen LogP) is 3.67. The second-order valence-corrected chi connectivity index (χ2v) is 6.58. The second-order valence-electron chi connectivity index (χ2n) is 4.74. The topological polar surface area (TPSA) is 62.1 Å². The van der Waals surface area contributed by atoms with Gasteiger partial charge in [0.05, 0.1) is 6.20 Å². The van der Waals surface area contributed by atoms with Crippen LogP contribution in [0.1, 0.15) is 25.5 Å². The molecule has 5 nitrogen and oxygen atoms in total. The van der Waals surface area contributed by atoms with Gasteiger partial charge in [-0.3, -0.25) is 4.99 Å². The van der Waals surface area contributed by atoms with Crippen molar-refractivity contribution >= 4 is 23.0 Å². The monoisotopic (exact) mass is 379 g/mol. The number of halogens is 4. The largest absolute Gasteiger partial charge is 0.409 e. The molecule has 1 atom stereocenters. The van der Waals surface area contributed by atoms with E-state index in [9.17, 15) is 26.0 Å². The number of aliphatic imine (C=N–C) groups is 2. The minimum absolute atomic E-state index is 0.240. The summed E-state index contributed by atoms with van der Waals surface area (Å²) in [6.07, 6.45) is -3.05. The van der Waals surface area contributed by atoms with E-state index in [4.69, 9.17) is 0 Å². The van der Waals surface area contributed by atoms with Crippen LogP contribution in [0.15, 0.2) is 45.5 Å². The molecule has 10 heteroatoms. The van der Waals surface area contributed by atoms with Gasteiger partial charge < -0.3 is 0 Å². The van der Waals surface area contributed by atoms with Gasteiger partial charge in [0.2, 0.25) is 0 Å². The van der Waals surface area contributed by atoms with Crippen LogP contribution in [0.25, 0.3) is 0 Å². The maximum Gasteiger partial charge on any atom is 0.409 e. The summed E-state index contributed by atoms with van der Waals surface area (Å²) >= 11 is 0. The summed E-state index contributed by atoms with van der Waals surface area (Å²) in [7, 11) is -4.63. The van der Waals surface area contributed by atoms with Crippen LogP contribution in [0.2, 0.25) is 0 Å². The summed E-state index contributed by atoms with van der Waals surface area (Å²) in [6.45, 7) is 5.27. The molecule has 1 aromatic carbocycles. The van der Waals surface area contributed by atoms with Gasteiger partial charge in [0.1, 0.15) is 11.9 Å². The molecule has 0 bridgehead atoms. The van der Waals surface area contributed by atoms with Crippen LogP contribution in [0, 0.1) is 5.82 Å². The van der Waals surface area contributed by atoms with Crippen LogP contribution in [-0.4, -0.2) is 38.4 Å². The van der Waals surface area contributed by atoms with Gasteiger partial charge in [-0.1, -0.05) is 19.1 Å². The Kier molecular flexibility index (Phi) is 7.00. The van der Waals surface area contributed by atoms with Crippen molar-refractivity contribution in [3.8, 4) is 0 Å². The van der Waals surface area contributed by atoms with Gasteiger partial charge in [0.15, 0.2) is 5.03 Å². The van der Waals surface area contributed by atoms with E-state index in [1.807, 2.05) is 0 Å². The van der Waals surface area contributed by atoms with E-state index in [1.54, 1.807) is 0 Å². The molecule has 0 spiro atoms. The molecule has 0 heterocycles. The van der Waals surface area contributed by atoms with Crippen molar-refractivity contribution in [3.05, 3.63) is 46.9 Å². The Morgan fingerprint density at radius 1 is 1.32 bits per heavy atom. The van der Waals surface area contributed by atoms with Crippen molar-refractivity contribution < 1.29 is 26.0 Å². The molecule has 0 unspecified atom stereocenters. The van der Waals surface area contributed by atoms with Crippen molar-refractivity contribution in [3.63, 3.8) is 0 Å². The van der Waals surface area contributed by atoms with E-state index in [-0.39, 0.29) is 4.31 Å². The number of hydrogen-bond acceptors (Lipinski definition) is 4. The zero-order chi connectivity index (χ0) is 19.3. The van der Waals surface area contributed by atoms with Gasteiger partial charge in [-0.25, -0.2) is 17.8 Å². The normalized spacial score (nSPS) is 14.9. The lowest BCUT2D eigenvalue weighted by Gasteiger charge is -2.31. The fourth-order valence-corrected chi connectivity index (χ4v) is 3.69. The Morgan fingerprint density at radius 3 is 2.28 bits per heavy atom. The number of rotatable bonds is 7. The molecule has 1 rings (SSSR count). The summed E-state index contributed by atoms with van der Waals surface area (Å²) in [4.78, 5) is 6.85. The number of hydrogen-bond donors (Lipinski definition) is 0. The lowest BCUT2D eigenvalue weighted by atomic mass is 10.1. The van der Waals surface area contributed by atoms with E-state index in [1.165, 1.54) is 13.8 Å². The molecule has 1 aromatic rings. The highest BCUT2D eigenvalue weighted by Gasteiger charge is 2.49. The molecule has 0 saturated carbocycles. The molecule has 0 fully saturated rings. The fraction of sp³-hybridized carbons (Fsp3) is 0.333. The van der Waals surface area contributed by atoms with Crippen molar-refractivity contribution in [2.45, 2.75) is 26.1 Å². The minimum Gasteiger partial charge on any atom is -0.269 e. The van der Waals surface area contributed by atoms with Crippen LogP contribution in [0.5, 0.6) is 0 Å². The third-order valence-corrected chi connectivity index (χ3v) is 4.95. The summed E-state index contributed by atoms with van der Waals surface area (Å²) in [5.41, 5.74) is -0.411. The summed E-state index contributed by atoms with van der Waals surface area (Å²) in [6, 6.07) is 0.957. The third kappa shape index (κ3) is 4.95. The predicted molar refractivity (Wildman–Crippen MR) is 88.3 cm³/mol. The van der Waals surface area contributed by atoms with Crippen LogP contribution >= 0.6 is 0 Å². The summed E-state index contributed by atoms with van der Waals surface area (Å²) in [5, 5.41) is -0.678. The Bertz CT molecular complexity index is 756. The van der Waals surface area contributed by atoms with Crippen molar-refractivity contribution in [2.75, 3.05) is 6.54 Å². The molecule has 138 valence electrons. The standard InChI is InChI=1S/C15H17F4N3O2S/c1-4-21-13(10-20-3)25(23,24)22(5-2)14(15(17,18)19)11-6-8-12(16)9-7-11/h4,6-10,14H,3,5H2,1-2H3/b13-10+,21-4?/t14-/m1/s1. The first-order valence-electron chi connectivity index (χ1n) is 7.08. The Balaban J connectivity index is 3.56. The van der Waals surface area contributed by atoms with E-state index < -0.39 is 45.2 Å². The fourth-order valence-electron chi connectivity index (χ4n) is 2.15. The first-order chi connectivity index (χ1) is 11.6. The van der Waals surface area contributed by atoms with E-state index >= 15 is 0 Å². The van der Waals surface area contributed by atoms with Crippen LogP contribution in [-0.2, 0) is 10.0 Å². The lowest BCUT2D eigenvalue weighted by molar-refractivity contribution is -0.173. The molecule has 0 amide bonds. The molecule has 0 aliphatic rings. The smallest absolute Gasteiger partial charge is 0.269 e. The minimum atomic E-state index is -4.93. The van der Waals surface area contributed by atoms with Crippen molar-refractivity contribution in [1.29, 1.82) is 0 Å². The zero-order valence-corrected chi connectivity index (χ0v) is 14.4. The van der Waals surface area contributed by atoms with Crippen LogP contribution in [0.4, 0.5) is 17.6 Å². The van der Waals surface area contributed by atoms with E-state index in [0.29, 0.717) is 0 Å². The van der Waals surface area contributed by atoms with Gasteiger partial charge >= 0.3 is 6.18 Å². The second kappa shape index (κ2) is 8.34. The zero-order valence-electron chi connectivity index (χ0n) is 13.5. The average Bonchev–Trinajstić information content (AvgIpc) is 2.52. The molecule has 25 heavy (non-hydrogen) atoms. The molecule has 0 N–H and O–H groups in total. The van der Waals surface area contributed by atoms with E-state index in [0.717, 1.165) is 36.7 Å². The number of alkyl halides is 3. The summed E-state index contributed by atoms with van der Waals surface area (Å²) < 4.78 is 79.4. The Hall–Kier alpha value is -2.07. The molecule has 0 aromatic heterocycles. The molecule has 0 aliphatic carbocycles. The highest BCUT2D eigenvalue weighted by molar-refractivity contribution is 7.93. The van der Waals surface area contributed by atoms with Gasteiger partial charge in [0, 0.05) is 12.8 Å². The van der Waals surface area contributed by atoms with Crippen molar-refractivity contribution in [1.82, 2.24) is 4.31 Å². The SMILES string of the molecule is C=N/C=C(\N=CC)S(=O)(=O)N(CC)[C@H](c1ccc(F)cc1)C(F)(F)F. The first kappa shape index (κ1) is 21.0. The number of sulfonamides is 1. The molecular formula is C15H17F4N3O2S. The molecule has 0 radical (unpaired) electrons. The van der Waals surface area contributed by atoms with Gasteiger partial charge in [-0.05, 0) is 31.3 Å². The maximum absolute atomic E-state index is 13.6. The number of benzene rings is 1. The average molecular weight is 379 g/mol. The van der Waals surface area contributed by atoms with Crippen molar-refractivity contribution in [2.24, 2.45) is 9.98 Å². The quantitative estimate of drug-likeness (QED) is 0.536.